The Labute approximate surface area is 103 Å². The van der Waals surface area contributed by atoms with Gasteiger partial charge in [-0.25, -0.2) is 0 Å². The van der Waals surface area contributed by atoms with E-state index in [2.05, 4.69) is 19.2 Å². The summed E-state index contributed by atoms with van der Waals surface area (Å²) in [5.74, 6) is 0. The van der Waals surface area contributed by atoms with Crippen molar-refractivity contribution in [3.8, 4) is 0 Å². The molecule has 0 radical (unpaired) electrons. The highest BCUT2D eigenvalue weighted by atomic mass is 16.3. The molecule has 1 aromatic rings. The first-order valence-electron chi connectivity index (χ1n) is 6.77. The Morgan fingerprint density at radius 2 is 1.94 bits per heavy atom. The predicted molar refractivity (Wildman–Crippen MR) is 68.5 cm³/mol. The normalized spacial score (nSPS) is 41.2. The summed E-state index contributed by atoms with van der Waals surface area (Å²) in [6.45, 7) is 2.36. The number of aliphatic hydroxyl groups is 1. The zero-order valence-electron chi connectivity index (χ0n) is 10.6. The van der Waals surface area contributed by atoms with Gasteiger partial charge in [0.25, 0.3) is 0 Å². The van der Waals surface area contributed by atoms with E-state index in [1.807, 2.05) is 18.2 Å². The van der Waals surface area contributed by atoms with E-state index in [4.69, 9.17) is 0 Å². The minimum Gasteiger partial charge on any atom is -0.379 e. The summed E-state index contributed by atoms with van der Waals surface area (Å²) in [6.07, 6.45) is 4.67. The Morgan fingerprint density at radius 1 is 1.18 bits per heavy atom. The quantitative estimate of drug-likeness (QED) is 0.737. The highest BCUT2D eigenvalue weighted by Gasteiger charge is 2.56. The fourth-order valence-electron chi connectivity index (χ4n) is 3.96. The molecule has 2 aliphatic rings. The molecule has 3 rings (SSSR count). The maximum absolute atomic E-state index is 11.1. The molecule has 1 aromatic carbocycles. The summed E-state index contributed by atoms with van der Waals surface area (Å²) in [5.41, 5.74) is 0.532. The monoisotopic (exact) mass is 232 g/mol. The van der Waals surface area contributed by atoms with Gasteiger partial charge in [0.2, 0.25) is 0 Å². The molecule has 2 fully saturated rings. The van der Waals surface area contributed by atoms with Gasteiger partial charge in [0.05, 0.1) is 20.1 Å². The van der Waals surface area contributed by atoms with Crippen LogP contribution in [0.4, 0.5) is 0 Å². The van der Waals surface area contributed by atoms with E-state index in [0.29, 0.717) is 6.04 Å². The molecule has 2 heterocycles. The van der Waals surface area contributed by atoms with E-state index in [9.17, 15) is 5.11 Å². The van der Waals surface area contributed by atoms with Crippen molar-refractivity contribution in [2.45, 2.75) is 37.3 Å². The molecule has 3 atom stereocenters. The minimum absolute atomic E-state index is 0.402. The molecule has 2 heteroatoms. The molecular formula is C15H22NO+. The van der Waals surface area contributed by atoms with Crippen LogP contribution in [0.15, 0.2) is 30.3 Å². The Balaban J connectivity index is 1.99. The Hall–Kier alpha value is -0.860. The van der Waals surface area contributed by atoms with Crippen molar-refractivity contribution < 1.29 is 9.59 Å². The van der Waals surface area contributed by atoms with Crippen LogP contribution in [0.2, 0.25) is 0 Å². The zero-order chi connectivity index (χ0) is 11.9. The number of fused-ring (bicyclic) bond motifs is 1. The van der Waals surface area contributed by atoms with E-state index < -0.39 is 5.60 Å². The Kier molecular flexibility index (Phi) is 2.53. The van der Waals surface area contributed by atoms with E-state index in [1.165, 1.54) is 25.8 Å². The van der Waals surface area contributed by atoms with Gasteiger partial charge in [-0.1, -0.05) is 30.3 Å². The number of piperidine rings is 1. The third kappa shape index (κ3) is 1.62. The highest BCUT2D eigenvalue weighted by molar-refractivity contribution is 5.25. The van der Waals surface area contributed by atoms with E-state index >= 15 is 0 Å². The largest absolute Gasteiger partial charge is 0.379 e. The molecule has 2 nitrogen and oxygen atoms in total. The average molecular weight is 232 g/mol. The first-order valence-corrected chi connectivity index (χ1v) is 6.77. The third-order valence-electron chi connectivity index (χ3n) is 4.98. The second kappa shape index (κ2) is 3.82. The zero-order valence-corrected chi connectivity index (χ0v) is 10.6. The standard InChI is InChI=1S/C15H22NO/c1-16-11-6-5-9-14(16)15(17,10-12-16)13-7-3-2-4-8-13/h2-4,7-8,14,17H,5-6,9-12H2,1H3/q+1. The predicted octanol–water partition coefficient (Wildman–Crippen LogP) is 2.28. The lowest BCUT2D eigenvalue weighted by atomic mass is 9.82. The van der Waals surface area contributed by atoms with Crippen LogP contribution in [-0.4, -0.2) is 35.8 Å². The maximum atomic E-state index is 11.1. The molecule has 0 aliphatic carbocycles. The summed E-state index contributed by atoms with van der Waals surface area (Å²) < 4.78 is 1.07. The van der Waals surface area contributed by atoms with Crippen LogP contribution in [0.3, 0.4) is 0 Å². The first-order chi connectivity index (χ1) is 8.15. The van der Waals surface area contributed by atoms with E-state index in [-0.39, 0.29) is 0 Å². The molecule has 2 aliphatic heterocycles. The molecule has 0 aromatic heterocycles. The van der Waals surface area contributed by atoms with Crippen LogP contribution in [0.5, 0.6) is 0 Å². The summed E-state index contributed by atoms with van der Waals surface area (Å²) in [6, 6.07) is 10.7. The molecule has 17 heavy (non-hydrogen) atoms. The fraction of sp³-hybridized carbons (Fsp3) is 0.600. The molecule has 0 bridgehead atoms. The van der Waals surface area contributed by atoms with Crippen LogP contribution >= 0.6 is 0 Å². The van der Waals surface area contributed by atoms with Crippen molar-refractivity contribution >= 4 is 0 Å². The lowest BCUT2D eigenvalue weighted by Crippen LogP contribution is -2.56. The van der Waals surface area contributed by atoms with Gasteiger partial charge in [0, 0.05) is 12.8 Å². The van der Waals surface area contributed by atoms with Crippen LogP contribution in [-0.2, 0) is 5.60 Å². The van der Waals surface area contributed by atoms with Gasteiger partial charge < -0.3 is 9.59 Å². The van der Waals surface area contributed by atoms with Crippen LogP contribution in [0.1, 0.15) is 31.2 Å². The number of nitrogens with zero attached hydrogens (tertiary/aromatic N) is 1. The maximum Gasteiger partial charge on any atom is 0.146 e. The molecular weight excluding hydrogens is 210 g/mol. The summed E-state index contributed by atoms with van der Waals surface area (Å²) >= 11 is 0. The molecule has 0 amide bonds. The van der Waals surface area contributed by atoms with Gasteiger partial charge in [-0.05, 0) is 18.4 Å². The number of quaternary nitrogens is 1. The van der Waals surface area contributed by atoms with Gasteiger partial charge >= 0.3 is 0 Å². The molecule has 92 valence electrons. The van der Waals surface area contributed by atoms with Crippen LogP contribution in [0.25, 0.3) is 0 Å². The number of benzene rings is 1. The van der Waals surface area contributed by atoms with E-state index in [1.54, 1.807) is 0 Å². The van der Waals surface area contributed by atoms with Crippen molar-refractivity contribution in [3.63, 3.8) is 0 Å². The highest BCUT2D eigenvalue weighted by Crippen LogP contribution is 2.45. The van der Waals surface area contributed by atoms with Crippen LogP contribution < -0.4 is 0 Å². The second-order valence-electron chi connectivity index (χ2n) is 5.98. The summed E-state index contributed by atoms with van der Waals surface area (Å²) in [4.78, 5) is 0. The Bertz CT molecular complexity index is 405. The van der Waals surface area contributed by atoms with Crippen molar-refractivity contribution in [1.82, 2.24) is 0 Å². The van der Waals surface area contributed by atoms with Crippen molar-refractivity contribution in [1.29, 1.82) is 0 Å². The van der Waals surface area contributed by atoms with Gasteiger partial charge in [-0.2, -0.15) is 0 Å². The van der Waals surface area contributed by atoms with Crippen molar-refractivity contribution in [3.05, 3.63) is 35.9 Å². The van der Waals surface area contributed by atoms with E-state index in [0.717, 1.165) is 23.0 Å². The molecule has 1 N–H and O–H groups in total. The number of hydrogen-bond acceptors (Lipinski definition) is 1. The van der Waals surface area contributed by atoms with Crippen molar-refractivity contribution in [2.75, 3.05) is 20.1 Å². The molecule has 0 spiro atoms. The number of likely N-dealkylation sites (N-methyl/N-ethyl adjacent to an activating group) is 1. The molecule has 2 saturated heterocycles. The van der Waals surface area contributed by atoms with Gasteiger partial charge in [0.1, 0.15) is 11.6 Å². The third-order valence-corrected chi connectivity index (χ3v) is 4.98. The van der Waals surface area contributed by atoms with Crippen LogP contribution in [0, 0.1) is 0 Å². The second-order valence-corrected chi connectivity index (χ2v) is 5.98. The summed E-state index contributed by atoms with van der Waals surface area (Å²) in [7, 11) is 2.32. The summed E-state index contributed by atoms with van der Waals surface area (Å²) in [5, 5.41) is 11.1. The minimum atomic E-state index is -0.587. The lowest BCUT2D eigenvalue weighted by molar-refractivity contribution is -0.930. The van der Waals surface area contributed by atoms with Crippen molar-refractivity contribution in [2.24, 2.45) is 0 Å². The van der Waals surface area contributed by atoms with Gasteiger partial charge in [-0.3, -0.25) is 0 Å². The average Bonchev–Trinajstić information content (AvgIpc) is 2.65. The van der Waals surface area contributed by atoms with Gasteiger partial charge in [-0.15, -0.1) is 0 Å². The fourth-order valence-corrected chi connectivity index (χ4v) is 3.96. The topological polar surface area (TPSA) is 20.2 Å². The van der Waals surface area contributed by atoms with Gasteiger partial charge in [0.15, 0.2) is 0 Å². The number of rotatable bonds is 1. The number of hydrogen-bond donors (Lipinski definition) is 1. The SMILES string of the molecule is C[N+]12CCCCC1C(O)(c1ccccc1)CC2. The Morgan fingerprint density at radius 3 is 2.71 bits per heavy atom. The first kappa shape index (κ1) is 11.2. The molecule has 0 saturated carbocycles. The lowest BCUT2D eigenvalue weighted by Gasteiger charge is -2.43. The molecule has 3 unspecified atom stereocenters. The smallest absolute Gasteiger partial charge is 0.146 e.